The monoisotopic (exact) mass is 233 g/mol. The van der Waals surface area contributed by atoms with Crippen molar-refractivity contribution >= 4 is 17.3 Å². The van der Waals surface area contributed by atoms with Crippen LogP contribution in [0.3, 0.4) is 0 Å². The standard InChI is InChI=1S/C13H12ClNO/c1-16-13-7-10(6-12(15)8-13)9-3-2-4-11(14)5-9/h2-8H,15H2,1H3. The second-order valence-electron chi connectivity index (χ2n) is 3.51. The maximum absolute atomic E-state index is 5.95. The second-order valence-corrected chi connectivity index (χ2v) is 3.94. The molecule has 2 nitrogen and oxygen atoms in total. The summed E-state index contributed by atoms with van der Waals surface area (Å²) >= 11 is 5.95. The van der Waals surface area contributed by atoms with Gasteiger partial charge in [-0.2, -0.15) is 0 Å². The van der Waals surface area contributed by atoms with E-state index in [1.54, 1.807) is 13.2 Å². The lowest BCUT2D eigenvalue weighted by Crippen LogP contribution is -1.90. The minimum absolute atomic E-state index is 0.675. The number of halogens is 1. The molecule has 2 N–H and O–H groups in total. The summed E-state index contributed by atoms with van der Waals surface area (Å²) in [7, 11) is 1.62. The molecular weight excluding hydrogens is 222 g/mol. The fraction of sp³-hybridized carbons (Fsp3) is 0.0769. The van der Waals surface area contributed by atoms with Crippen LogP contribution in [0.4, 0.5) is 5.69 Å². The number of ether oxygens (including phenoxy) is 1. The molecule has 0 fully saturated rings. The summed E-state index contributed by atoms with van der Waals surface area (Å²) in [5, 5.41) is 0.707. The molecule has 0 aliphatic carbocycles. The molecule has 0 saturated carbocycles. The first-order chi connectivity index (χ1) is 7.69. The molecule has 0 unspecified atom stereocenters. The highest BCUT2D eigenvalue weighted by atomic mass is 35.5. The lowest BCUT2D eigenvalue weighted by molar-refractivity contribution is 0.415. The van der Waals surface area contributed by atoms with Crippen molar-refractivity contribution in [2.45, 2.75) is 0 Å². The first kappa shape index (κ1) is 10.8. The number of anilines is 1. The van der Waals surface area contributed by atoms with Gasteiger partial charge >= 0.3 is 0 Å². The van der Waals surface area contributed by atoms with Gasteiger partial charge in [-0.25, -0.2) is 0 Å². The van der Waals surface area contributed by atoms with Crippen LogP contribution < -0.4 is 10.5 Å². The third-order valence-electron chi connectivity index (χ3n) is 2.32. The van der Waals surface area contributed by atoms with Gasteiger partial charge in [-0.15, -0.1) is 0 Å². The fourth-order valence-electron chi connectivity index (χ4n) is 1.57. The van der Waals surface area contributed by atoms with E-state index < -0.39 is 0 Å². The normalized spacial score (nSPS) is 10.1. The molecule has 0 aliphatic rings. The van der Waals surface area contributed by atoms with Gasteiger partial charge in [-0.05, 0) is 35.4 Å². The van der Waals surface area contributed by atoms with Crippen LogP contribution in [-0.4, -0.2) is 7.11 Å². The van der Waals surface area contributed by atoms with Crippen molar-refractivity contribution in [3.8, 4) is 16.9 Å². The number of benzene rings is 2. The Morgan fingerprint density at radius 2 is 1.88 bits per heavy atom. The Bertz CT molecular complexity index is 511. The van der Waals surface area contributed by atoms with Gasteiger partial charge in [0.05, 0.1) is 7.11 Å². The van der Waals surface area contributed by atoms with Crippen LogP contribution in [0.5, 0.6) is 5.75 Å². The number of nitrogens with two attached hydrogens (primary N) is 1. The summed E-state index contributed by atoms with van der Waals surface area (Å²) < 4.78 is 5.17. The fourth-order valence-corrected chi connectivity index (χ4v) is 1.76. The third-order valence-corrected chi connectivity index (χ3v) is 2.56. The van der Waals surface area contributed by atoms with E-state index in [1.807, 2.05) is 36.4 Å². The van der Waals surface area contributed by atoms with Gasteiger partial charge in [0.2, 0.25) is 0 Å². The maximum atomic E-state index is 5.95. The largest absolute Gasteiger partial charge is 0.497 e. The predicted octanol–water partition coefficient (Wildman–Crippen LogP) is 3.60. The topological polar surface area (TPSA) is 35.2 Å². The van der Waals surface area contributed by atoms with E-state index in [0.717, 1.165) is 16.9 Å². The number of methoxy groups -OCH3 is 1. The van der Waals surface area contributed by atoms with Gasteiger partial charge in [0, 0.05) is 16.8 Å². The Balaban J connectivity index is 2.51. The Labute approximate surface area is 99.6 Å². The molecule has 2 rings (SSSR count). The third kappa shape index (κ3) is 2.28. The summed E-state index contributed by atoms with van der Waals surface area (Å²) in [5.74, 6) is 0.745. The molecule has 0 saturated heterocycles. The average Bonchev–Trinajstić information content (AvgIpc) is 2.28. The van der Waals surface area contributed by atoms with Gasteiger partial charge in [-0.1, -0.05) is 23.7 Å². The van der Waals surface area contributed by atoms with Crippen molar-refractivity contribution in [1.29, 1.82) is 0 Å². The summed E-state index contributed by atoms with van der Waals surface area (Å²) in [4.78, 5) is 0. The van der Waals surface area contributed by atoms with E-state index in [2.05, 4.69) is 0 Å². The molecule has 0 amide bonds. The quantitative estimate of drug-likeness (QED) is 0.805. The zero-order valence-corrected chi connectivity index (χ0v) is 9.66. The van der Waals surface area contributed by atoms with Crippen LogP contribution in [0.25, 0.3) is 11.1 Å². The molecule has 82 valence electrons. The summed E-state index contributed by atoms with van der Waals surface area (Å²) in [5.41, 5.74) is 8.50. The Morgan fingerprint density at radius 1 is 1.06 bits per heavy atom. The van der Waals surface area contributed by atoms with Crippen molar-refractivity contribution in [3.63, 3.8) is 0 Å². The molecule has 3 heteroatoms. The molecular formula is C13H12ClNO. The molecule has 0 spiro atoms. The molecule has 0 aromatic heterocycles. The molecule has 0 heterocycles. The van der Waals surface area contributed by atoms with Crippen LogP contribution in [0.15, 0.2) is 42.5 Å². The molecule has 2 aromatic rings. The highest BCUT2D eigenvalue weighted by Crippen LogP contribution is 2.28. The Kier molecular flexibility index (Phi) is 3.02. The van der Waals surface area contributed by atoms with Gasteiger partial charge < -0.3 is 10.5 Å². The number of rotatable bonds is 2. The molecule has 16 heavy (non-hydrogen) atoms. The van der Waals surface area contributed by atoms with E-state index in [4.69, 9.17) is 22.1 Å². The highest BCUT2D eigenvalue weighted by molar-refractivity contribution is 6.30. The molecule has 0 atom stereocenters. The summed E-state index contributed by atoms with van der Waals surface area (Å²) in [6, 6.07) is 13.3. The van der Waals surface area contributed by atoms with E-state index in [-0.39, 0.29) is 0 Å². The first-order valence-electron chi connectivity index (χ1n) is 4.89. The SMILES string of the molecule is COc1cc(N)cc(-c2cccc(Cl)c2)c1. The van der Waals surface area contributed by atoms with E-state index in [0.29, 0.717) is 10.7 Å². The molecule has 0 bridgehead atoms. The number of nitrogen functional groups attached to an aromatic ring is 1. The first-order valence-corrected chi connectivity index (χ1v) is 5.27. The minimum atomic E-state index is 0.675. The van der Waals surface area contributed by atoms with Crippen LogP contribution >= 0.6 is 11.6 Å². The second kappa shape index (κ2) is 4.45. The van der Waals surface area contributed by atoms with Crippen LogP contribution in [-0.2, 0) is 0 Å². The highest BCUT2D eigenvalue weighted by Gasteiger charge is 2.02. The van der Waals surface area contributed by atoms with Crippen molar-refractivity contribution in [3.05, 3.63) is 47.5 Å². The van der Waals surface area contributed by atoms with Crippen molar-refractivity contribution < 1.29 is 4.74 Å². The van der Waals surface area contributed by atoms with Crippen LogP contribution in [0.2, 0.25) is 5.02 Å². The Morgan fingerprint density at radius 3 is 2.56 bits per heavy atom. The lowest BCUT2D eigenvalue weighted by Gasteiger charge is -2.07. The lowest BCUT2D eigenvalue weighted by atomic mass is 10.0. The van der Waals surface area contributed by atoms with Gasteiger partial charge in [0.25, 0.3) is 0 Å². The number of hydrogen-bond acceptors (Lipinski definition) is 2. The van der Waals surface area contributed by atoms with E-state index in [9.17, 15) is 0 Å². The van der Waals surface area contributed by atoms with Gasteiger partial charge in [0.15, 0.2) is 0 Å². The predicted molar refractivity (Wildman–Crippen MR) is 67.9 cm³/mol. The van der Waals surface area contributed by atoms with Crippen LogP contribution in [0, 0.1) is 0 Å². The van der Waals surface area contributed by atoms with Gasteiger partial charge in [0.1, 0.15) is 5.75 Å². The maximum Gasteiger partial charge on any atom is 0.121 e. The molecule has 0 radical (unpaired) electrons. The van der Waals surface area contributed by atoms with Crippen molar-refractivity contribution in [2.75, 3.05) is 12.8 Å². The zero-order chi connectivity index (χ0) is 11.5. The summed E-state index contributed by atoms with van der Waals surface area (Å²) in [6.45, 7) is 0. The smallest absolute Gasteiger partial charge is 0.121 e. The zero-order valence-electron chi connectivity index (χ0n) is 8.91. The average molecular weight is 234 g/mol. The van der Waals surface area contributed by atoms with Gasteiger partial charge in [-0.3, -0.25) is 0 Å². The van der Waals surface area contributed by atoms with Crippen molar-refractivity contribution in [2.24, 2.45) is 0 Å². The van der Waals surface area contributed by atoms with Crippen molar-refractivity contribution in [1.82, 2.24) is 0 Å². The molecule has 0 aliphatic heterocycles. The van der Waals surface area contributed by atoms with E-state index >= 15 is 0 Å². The Hall–Kier alpha value is -1.67. The summed E-state index contributed by atoms with van der Waals surface area (Å²) in [6.07, 6.45) is 0. The van der Waals surface area contributed by atoms with Crippen LogP contribution in [0.1, 0.15) is 0 Å². The van der Waals surface area contributed by atoms with E-state index in [1.165, 1.54) is 0 Å². The molecule has 2 aromatic carbocycles. The number of hydrogen-bond donors (Lipinski definition) is 1. The minimum Gasteiger partial charge on any atom is -0.497 e.